The molecule has 0 aliphatic rings. The summed E-state index contributed by atoms with van der Waals surface area (Å²) in [5, 5.41) is 7.66. The number of carbonyl (C=O) groups excluding carboxylic acids is 1. The SMILES string of the molecule is Cc1nc(C)c(C(=O)Nc2cnc(-n3cccn3)nc2)s1. The van der Waals surface area contributed by atoms with Crippen LogP contribution in [-0.2, 0) is 0 Å². The van der Waals surface area contributed by atoms with Crippen LogP contribution >= 0.6 is 11.3 Å². The molecule has 1 amide bonds. The Morgan fingerprint density at radius 2 is 2.05 bits per heavy atom. The van der Waals surface area contributed by atoms with Crippen LogP contribution in [0.1, 0.15) is 20.4 Å². The fraction of sp³-hybridized carbons (Fsp3) is 0.154. The lowest BCUT2D eigenvalue weighted by Gasteiger charge is -2.04. The standard InChI is InChI=1S/C13H12N6OS/c1-8-11(21-9(2)17-8)12(20)18-10-6-14-13(15-7-10)19-5-3-4-16-19/h3-7H,1-2H3,(H,18,20). The van der Waals surface area contributed by atoms with E-state index in [0.29, 0.717) is 16.5 Å². The van der Waals surface area contributed by atoms with Gasteiger partial charge in [0.05, 0.1) is 28.8 Å². The molecule has 0 radical (unpaired) electrons. The molecule has 8 heteroatoms. The number of anilines is 1. The van der Waals surface area contributed by atoms with E-state index in [1.165, 1.54) is 11.3 Å². The Morgan fingerprint density at radius 1 is 1.29 bits per heavy atom. The average molecular weight is 300 g/mol. The molecule has 0 bridgehead atoms. The predicted octanol–water partition coefficient (Wildman–Crippen LogP) is 1.99. The molecule has 3 heterocycles. The summed E-state index contributed by atoms with van der Waals surface area (Å²) >= 11 is 1.36. The predicted molar refractivity (Wildman–Crippen MR) is 78.7 cm³/mol. The van der Waals surface area contributed by atoms with Crippen molar-refractivity contribution in [1.29, 1.82) is 0 Å². The molecule has 0 fully saturated rings. The van der Waals surface area contributed by atoms with E-state index in [1.54, 1.807) is 35.5 Å². The summed E-state index contributed by atoms with van der Waals surface area (Å²) in [7, 11) is 0. The zero-order valence-electron chi connectivity index (χ0n) is 11.4. The van der Waals surface area contributed by atoms with Crippen LogP contribution in [0.4, 0.5) is 5.69 Å². The van der Waals surface area contributed by atoms with Crippen molar-refractivity contribution in [3.8, 4) is 5.95 Å². The van der Waals surface area contributed by atoms with Crippen molar-refractivity contribution in [2.45, 2.75) is 13.8 Å². The van der Waals surface area contributed by atoms with Gasteiger partial charge in [0.2, 0.25) is 0 Å². The molecule has 1 N–H and O–H groups in total. The molecule has 3 aromatic rings. The lowest BCUT2D eigenvalue weighted by Crippen LogP contribution is -2.12. The number of hydrogen-bond acceptors (Lipinski definition) is 6. The molecule has 21 heavy (non-hydrogen) atoms. The molecule has 106 valence electrons. The van der Waals surface area contributed by atoms with Gasteiger partial charge < -0.3 is 5.32 Å². The summed E-state index contributed by atoms with van der Waals surface area (Å²) in [5.74, 6) is 0.247. The Labute approximate surface area is 124 Å². The first-order valence-electron chi connectivity index (χ1n) is 6.21. The summed E-state index contributed by atoms with van der Waals surface area (Å²) in [6.45, 7) is 3.69. The maximum atomic E-state index is 12.1. The van der Waals surface area contributed by atoms with Crippen LogP contribution in [0.15, 0.2) is 30.9 Å². The molecular weight excluding hydrogens is 288 g/mol. The third-order valence-corrected chi connectivity index (χ3v) is 3.79. The van der Waals surface area contributed by atoms with E-state index >= 15 is 0 Å². The minimum atomic E-state index is -0.200. The van der Waals surface area contributed by atoms with Gasteiger partial charge in [-0.25, -0.2) is 19.6 Å². The Morgan fingerprint density at radius 3 is 2.62 bits per heavy atom. The highest BCUT2D eigenvalue weighted by atomic mass is 32.1. The second-order valence-electron chi connectivity index (χ2n) is 4.32. The van der Waals surface area contributed by atoms with Crippen LogP contribution in [0, 0.1) is 13.8 Å². The first-order valence-corrected chi connectivity index (χ1v) is 7.02. The highest BCUT2D eigenvalue weighted by molar-refractivity contribution is 7.13. The second kappa shape index (κ2) is 5.41. The molecule has 3 aromatic heterocycles. The first kappa shape index (κ1) is 13.4. The van der Waals surface area contributed by atoms with Gasteiger partial charge in [-0.2, -0.15) is 5.10 Å². The summed E-state index contributed by atoms with van der Waals surface area (Å²) in [6, 6.07) is 1.79. The molecular formula is C13H12N6OS. The van der Waals surface area contributed by atoms with Crippen LogP contribution < -0.4 is 5.32 Å². The molecule has 0 saturated carbocycles. The van der Waals surface area contributed by atoms with Crippen molar-refractivity contribution in [2.75, 3.05) is 5.32 Å². The maximum absolute atomic E-state index is 12.1. The van der Waals surface area contributed by atoms with Crippen molar-refractivity contribution >= 4 is 22.9 Å². The van der Waals surface area contributed by atoms with Crippen LogP contribution in [-0.4, -0.2) is 30.6 Å². The number of rotatable bonds is 3. The van der Waals surface area contributed by atoms with E-state index in [9.17, 15) is 4.79 Å². The zero-order valence-corrected chi connectivity index (χ0v) is 12.3. The monoisotopic (exact) mass is 300 g/mol. The van der Waals surface area contributed by atoms with E-state index in [2.05, 4.69) is 25.4 Å². The van der Waals surface area contributed by atoms with E-state index in [1.807, 2.05) is 13.8 Å². The lowest BCUT2D eigenvalue weighted by molar-refractivity contribution is 0.102. The topological polar surface area (TPSA) is 85.6 Å². The second-order valence-corrected chi connectivity index (χ2v) is 5.53. The summed E-state index contributed by atoms with van der Waals surface area (Å²) in [5.41, 5.74) is 1.26. The largest absolute Gasteiger partial charge is 0.319 e. The lowest BCUT2D eigenvalue weighted by atomic mass is 10.3. The molecule has 3 rings (SSSR count). The van der Waals surface area contributed by atoms with Gasteiger partial charge in [-0.15, -0.1) is 11.3 Å². The maximum Gasteiger partial charge on any atom is 0.267 e. The van der Waals surface area contributed by atoms with Crippen LogP contribution in [0.2, 0.25) is 0 Å². The van der Waals surface area contributed by atoms with E-state index < -0.39 is 0 Å². The van der Waals surface area contributed by atoms with Gasteiger partial charge in [-0.05, 0) is 19.9 Å². The van der Waals surface area contributed by atoms with Gasteiger partial charge in [-0.3, -0.25) is 4.79 Å². The number of thiazole rings is 1. The van der Waals surface area contributed by atoms with E-state index in [4.69, 9.17) is 0 Å². The number of nitrogens with one attached hydrogen (secondary N) is 1. The number of amides is 1. The van der Waals surface area contributed by atoms with Crippen molar-refractivity contribution < 1.29 is 4.79 Å². The van der Waals surface area contributed by atoms with Gasteiger partial charge in [0.1, 0.15) is 4.88 Å². The first-order chi connectivity index (χ1) is 10.1. The van der Waals surface area contributed by atoms with Gasteiger partial charge in [0.25, 0.3) is 11.9 Å². The number of aromatic nitrogens is 5. The highest BCUT2D eigenvalue weighted by Gasteiger charge is 2.14. The van der Waals surface area contributed by atoms with Gasteiger partial charge in [0, 0.05) is 12.4 Å². The van der Waals surface area contributed by atoms with Crippen molar-refractivity contribution in [1.82, 2.24) is 24.7 Å². The van der Waals surface area contributed by atoms with Crippen molar-refractivity contribution in [2.24, 2.45) is 0 Å². The molecule has 0 unspecified atom stereocenters. The number of nitrogens with zero attached hydrogens (tertiary/aromatic N) is 5. The fourth-order valence-corrected chi connectivity index (χ4v) is 2.64. The van der Waals surface area contributed by atoms with E-state index in [0.717, 1.165) is 10.7 Å². The quantitative estimate of drug-likeness (QED) is 0.799. The Balaban J connectivity index is 1.76. The van der Waals surface area contributed by atoms with Crippen LogP contribution in [0.25, 0.3) is 5.95 Å². The van der Waals surface area contributed by atoms with Crippen molar-refractivity contribution in [3.05, 3.63) is 46.4 Å². The van der Waals surface area contributed by atoms with E-state index in [-0.39, 0.29) is 5.91 Å². The van der Waals surface area contributed by atoms with Gasteiger partial charge in [-0.1, -0.05) is 0 Å². The Hall–Kier alpha value is -2.61. The highest BCUT2D eigenvalue weighted by Crippen LogP contribution is 2.18. The molecule has 0 aliphatic heterocycles. The fourth-order valence-electron chi connectivity index (χ4n) is 1.82. The third kappa shape index (κ3) is 2.79. The smallest absolute Gasteiger partial charge is 0.267 e. The zero-order chi connectivity index (χ0) is 14.8. The minimum absolute atomic E-state index is 0.200. The third-order valence-electron chi connectivity index (χ3n) is 2.72. The molecule has 0 atom stereocenters. The Bertz CT molecular complexity index is 763. The van der Waals surface area contributed by atoms with Crippen LogP contribution in [0.3, 0.4) is 0 Å². The summed E-state index contributed by atoms with van der Waals surface area (Å²) in [6.07, 6.45) is 6.49. The Kier molecular flexibility index (Phi) is 3.44. The number of aryl methyl sites for hydroxylation is 2. The number of carbonyl (C=O) groups is 1. The normalized spacial score (nSPS) is 10.6. The number of hydrogen-bond donors (Lipinski definition) is 1. The molecule has 0 spiro atoms. The van der Waals surface area contributed by atoms with Gasteiger partial charge in [0.15, 0.2) is 0 Å². The minimum Gasteiger partial charge on any atom is -0.319 e. The summed E-state index contributed by atoms with van der Waals surface area (Å²) < 4.78 is 1.54. The molecule has 0 aromatic carbocycles. The summed E-state index contributed by atoms with van der Waals surface area (Å²) in [4.78, 5) is 25.3. The van der Waals surface area contributed by atoms with Crippen LogP contribution in [0.5, 0.6) is 0 Å². The molecule has 0 aliphatic carbocycles. The molecule has 7 nitrogen and oxygen atoms in total. The molecule has 0 saturated heterocycles. The average Bonchev–Trinajstić information content (AvgIpc) is 3.09. The van der Waals surface area contributed by atoms with Crippen molar-refractivity contribution in [3.63, 3.8) is 0 Å². The van der Waals surface area contributed by atoms with Gasteiger partial charge >= 0.3 is 0 Å².